The largest absolute Gasteiger partial charge is 0.405 e. The Kier molecular flexibility index (Phi) is 3.59. The van der Waals surface area contributed by atoms with Crippen LogP contribution in [0.5, 0.6) is 0 Å². The van der Waals surface area contributed by atoms with E-state index in [-0.39, 0.29) is 16.8 Å². The van der Waals surface area contributed by atoms with E-state index < -0.39 is 24.4 Å². The van der Waals surface area contributed by atoms with Crippen molar-refractivity contribution in [1.29, 1.82) is 0 Å². The molecule has 0 atom stereocenters. The van der Waals surface area contributed by atoms with Crippen molar-refractivity contribution in [2.24, 2.45) is 0 Å². The van der Waals surface area contributed by atoms with E-state index in [1.165, 1.54) is 6.92 Å². The lowest BCUT2D eigenvalue weighted by Crippen LogP contribution is -2.34. The van der Waals surface area contributed by atoms with Crippen molar-refractivity contribution in [2.75, 3.05) is 12.3 Å². The molecule has 0 bridgehead atoms. The fourth-order valence-electron chi connectivity index (χ4n) is 1.21. The highest BCUT2D eigenvalue weighted by molar-refractivity contribution is 5.96. The Morgan fingerprint density at radius 3 is 2.53 bits per heavy atom. The van der Waals surface area contributed by atoms with E-state index in [9.17, 15) is 22.4 Å². The first kappa shape index (κ1) is 13.3. The number of benzene rings is 1. The topological polar surface area (TPSA) is 55.1 Å². The third kappa shape index (κ3) is 3.61. The minimum absolute atomic E-state index is 0.0758. The van der Waals surface area contributed by atoms with Crippen LogP contribution in [0, 0.1) is 12.7 Å². The highest BCUT2D eigenvalue weighted by Crippen LogP contribution is 2.18. The average Bonchev–Trinajstić information content (AvgIpc) is 2.19. The smallest absolute Gasteiger partial charge is 0.396 e. The first-order valence-corrected chi connectivity index (χ1v) is 4.61. The van der Waals surface area contributed by atoms with E-state index in [2.05, 4.69) is 0 Å². The molecule has 0 saturated carbocycles. The SMILES string of the molecule is Cc1cc(F)c(N)cc1C(=O)NCC(F)(F)F. The van der Waals surface area contributed by atoms with E-state index in [4.69, 9.17) is 5.73 Å². The van der Waals surface area contributed by atoms with E-state index in [0.717, 1.165) is 12.1 Å². The summed E-state index contributed by atoms with van der Waals surface area (Å²) in [5, 5.41) is 1.68. The third-order valence-corrected chi connectivity index (χ3v) is 2.04. The molecule has 0 unspecified atom stereocenters. The van der Waals surface area contributed by atoms with Crippen molar-refractivity contribution < 1.29 is 22.4 Å². The number of aryl methyl sites for hydroxylation is 1. The molecule has 94 valence electrons. The van der Waals surface area contributed by atoms with Crippen LogP contribution < -0.4 is 11.1 Å². The van der Waals surface area contributed by atoms with Crippen LogP contribution in [0.3, 0.4) is 0 Å². The molecule has 0 aliphatic carbocycles. The normalized spacial score (nSPS) is 11.4. The zero-order chi connectivity index (χ0) is 13.2. The van der Waals surface area contributed by atoms with Gasteiger partial charge in [-0.2, -0.15) is 13.2 Å². The lowest BCUT2D eigenvalue weighted by atomic mass is 10.1. The zero-order valence-corrected chi connectivity index (χ0v) is 8.86. The van der Waals surface area contributed by atoms with Gasteiger partial charge in [0.05, 0.1) is 5.69 Å². The monoisotopic (exact) mass is 250 g/mol. The van der Waals surface area contributed by atoms with Gasteiger partial charge in [-0.1, -0.05) is 0 Å². The molecule has 0 spiro atoms. The summed E-state index contributed by atoms with van der Waals surface area (Å²) >= 11 is 0. The van der Waals surface area contributed by atoms with Gasteiger partial charge < -0.3 is 11.1 Å². The molecule has 0 heterocycles. The molecule has 0 aromatic heterocycles. The Balaban J connectivity index is 2.86. The predicted octanol–water partition coefficient (Wildman–Crippen LogP) is 2.01. The number of nitrogens with two attached hydrogens (primary N) is 1. The van der Waals surface area contributed by atoms with Crippen LogP contribution in [0.4, 0.5) is 23.2 Å². The average molecular weight is 250 g/mol. The quantitative estimate of drug-likeness (QED) is 0.623. The number of nitrogens with one attached hydrogen (secondary N) is 1. The molecule has 1 rings (SSSR count). The molecule has 0 aliphatic rings. The highest BCUT2D eigenvalue weighted by atomic mass is 19.4. The molecule has 17 heavy (non-hydrogen) atoms. The Labute approximate surface area is 94.6 Å². The summed E-state index contributed by atoms with van der Waals surface area (Å²) in [7, 11) is 0. The Bertz CT molecular complexity index is 443. The van der Waals surface area contributed by atoms with Gasteiger partial charge in [0.15, 0.2) is 0 Å². The number of amides is 1. The molecule has 7 heteroatoms. The second-order valence-corrected chi connectivity index (χ2v) is 3.49. The first-order chi connectivity index (χ1) is 7.70. The number of nitrogen functional groups attached to an aromatic ring is 1. The summed E-state index contributed by atoms with van der Waals surface area (Å²) in [6.45, 7) is -0.0342. The van der Waals surface area contributed by atoms with Crippen molar-refractivity contribution in [1.82, 2.24) is 5.32 Å². The second kappa shape index (κ2) is 4.60. The van der Waals surface area contributed by atoms with Gasteiger partial charge in [0.2, 0.25) is 0 Å². The predicted molar refractivity (Wildman–Crippen MR) is 53.9 cm³/mol. The molecule has 0 saturated heterocycles. The fourth-order valence-corrected chi connectivity index (χ4v) is 1.21. The van der Waals surface area contributed by atoms with Gasteiger partial charge in [-0.05, 0) is 24.6 Å². The van der Waals surface area contributed by atoms with Crippen LogP contribution in [-0.4, -0.2) is 18.6 Å². The van der Waals surface area contributed by atoms with Gasteiger partial charge in [0.1, 0.15) is 12.4 Å². The highest BCUT2D eigenvalue weighted by Gasteiger charge is 2.28. The van der Waals surface area contributed by atoms with Gasteiger partial charge >= 0.3 is 6.18 Å². The molecular formula is C10H10F4N2O. The molecule has 1 aromatic rings. The number of rotatable bonds is 2. The lowest BCUT2D eigenvalue weighted by Gasteiger charge is -2.10. The maximum atomic E-state index is 13.0. The molecule has 1 amide bonds. The summed E-state index contributed by atoms with van der Waals surface area (Å²) < 4.78 is 48.6. The van der Waals surface area contributed by atoms with Crippen molar-refractivity contribution in [3.63, 3.8) is 0 Å². The van der Waals surface area contributed by atoms with Crippen LogP contribution in [0.1, 0.15) is 15.9 Å². The third-order valence-electron chi connectivity index (χ3n) is 2.04. The van der Waals surface area contributed by atoms with E-state index >= 15 is 0 Å². The Morgan fingerprint density at radius 2 is 2.00 bits per heavy atom. The molecule has 3 N–H and O–H groups in total. The van der Waals surface area contributed by atoms with Gasteiger partial charge in [0, 0.05) is 5.56 Å². The summed E-state index contributed by atoms with van der Waals surface area (Å²) in [6, 6.07) is 2.01. The standard InChI is InChI=1S/C10H10F4N2O/c1-5-2-7(11)8(15)3-6(5)9(17)16-4-10(12,13)14/h2-3H,4,15H2,1H3,(H,16,17). The maximum Gasteiger partial charge on any atom is 0.405 e. The Hall–Kier alpha value is -1.79. The van der Waals surface area contributed by atoms with E-state index in [1.807, 2.05) is 0 Å². The Morgan fingerprint density at radius 1 is 1.41 bits per heavy atom. The number of hydrogen-bond donors (Lipinski definition) is 2. The molecular weight excluding hydrogens is 240 g/mol. The van der Waals surface area contributed by atoms with Crippen molar-refractivity contribution in [3.05, 3.63) is 29.1 Å². The van der Waals surface area contributed by atoms with Gasteiger partial charge in [-0.15, -0.1) is 0 Å². The van der Waals surface area contributed by atoms with Gasteiger partial charge in [-0.3, -0.25) is 4.79 Å². The molecule has 1 aromatic carbocycles. The summed E-state index contributed by atoms with van der Waals surface area (Å²) in [6.07, 6.45) is -4.49. The molecule has 0 fully saturated rings. The number of anilines is 1. The van der Waals surface area contributed by atoms with E-state index in [0.29, 0.717) is 0 Å². The van der Waals surface area contributed by atoms with Crippen LogP contribution in [-0.2, 0) is 0 Å². The maximum absolute atomic E-state index is 13.0. The number of hydrogen-bond acceptors (Lipinski definition) is 2. The van der Waals surface area contributed by atoms with Crippen LogP contribution in [0.15, 0.2) is 12.1 Å². The number of halogens is 4. The second-order valence-electron chi connectivity index (χ2n) is 3.49. The summed E-state index contributed by atoms with van der Waals surface area (Å²) in [5.41, 5.74) is 5.09. The first-order valence-electron chi connectivity index (χ1n) is 4.61. The van der Waals surface area contributed by atoms with Gasteiger partial charge in [-0.25, -0.2) is 4.39 Å². The minimum atomic E-state index is -4.49. The summed E-state index contributed by atoms with van der Waals surface area (Å²) in [5.74, 6) is -1.65. The van der Waals surface area contributed by atoms with Crippen molar-refractivity contribution >= 4 is 11.6 Å². The lowest BCUT2D eigenvalue weighted by molar-refractivity contribution is -0.123. The van der Waals surface area contributed by atoms with E-state index in [1.54, 1.807) is 5.32 Å². The number of alkyl halides is 3. The molecule has 0 aliphatic heterocycles. The molecule has 0 radical (unpaired) electrons. The van der Waals surface area contributed by atoms with Gasteiger partial charge in [0.25, 0.3) is 5.91 Å². The van der Waals surface area contributed by atoms with Crippen LogP contribution in [0.25, 0.3) is 0 Å². The van der Waals surface area contributed by atoms with Crippen LogP contribution >= 0.6 is 0 Å². The fraction of sp³-hybridized carbons (Fsp3) is 0.300. The zero-order valence-electron chi connectivity index (χ0n) is 8.86. The van der Waals surface area contributed by atoms with Crippen molar-refractivity contribution in [3.8, 4) is 0 Å². The summed E-state index contributed by atoms with van der Waals surface area (Å²) in [4.78, 5) is 11.4. The van der Waals surface area contributed by atoms with Crippen molar-refractivity contribution in [2.45, 2.75) is 13.1 Å². The number of carbonyl (C=O) groups excluding carboxylic acids is 1. The van der Waals surface area contributed by atoms with Crippen LogP contribution in [0.2, 0.25) is 0 Å². The molecule has 3 nitrogen and oxygen atoms in total. The number of carbonyl (C=O) groups is 1. The minimum Gasteiger partial charge on any atom is -0.396 e.